The lowest BCUT2D eigenvalue weighted by atomic mass is 9.75. The van der Waals surface area contributed by atoms with E-state index in [-0.39, 0.29) is 23.5 Å². The van der Waals surface area contributed by atoms with E-state index in [9.17, 15) is 4.79 Å². The van der Waals surface area contributed by atoms with Gasteiger partial charge in [-0.25, -0.2) is 4.79 Å². The van der Waals surface area contributed by atoms with Gasteiger partial charge in [-0.05, 0) is 48.8 Å². The van der Waals surface area contributed by atoms with E-state index in [0.29, 0.717) is 0 Å². The summed E-state index contributed by atoms with van der Waals surface area (Å²) in [5, 5.41) is 6.36. The van der Waals surface area contributed by atoms with Gasteiger partial charge in [0.05, 0.1) is 12.1 Å². The monoisotopic (exact) mass is 338 g/mol. The average molecular weight is 338 g/mol. The van der Waals surface area contributed by atoms with Gasteiger partial charge in [-0.15, -0.1) is 0 Å². The van der Waals surface area contributed by atoms with Crippen LogP contribution in [0.25, 0.3) is 0 Å². The molecule has 4 rings (SSSR count). The fraction of sp³-hybridized carbons (Fsp3) is 0.476. The molecular formula is C21H26N2O2. The lowest BCUT2D eigenvalue weighted by Crippen LogP contribution is -2.42. The van der Waals surface area contributed by atoms with E-state index in [1.54, 1.807) is 0 Å². The summed E-state index contributed by atoms with van der Waals surface area (Å²) in [5.74, 6) is 1.94. The van der Waals surface area contributed by atoms with Crippen LogP contribution in [0.5, 0.6) is 0 Å². The minimum atomic E-state index is -0.0887. The first-order valence-corrected chi connectivity index (χ1v) is 9.15. The molecule has 2 aliphatic carbocycles. The molecule has 4 nitrogen and oxygen atoms in total. The maximum Gasteiger partial charge on any atom is 0.315 e. The Kier molecular flexibility index (Phi) is 3.86. The molecule has 132 valence electrons. The minimum absolute atomic E-state index is 0.00727. The first kappa shape index (κ1) is 16.2. The molecule has 1 aromatic carbocycles. The Morgan fingerprint density at radius 1 is 1.16 bits per heavy atom. The number of rotatable bonds is 2. The van der Waals surface area contributed by atoms with Crippen LogP contribution in [-0.4, -0.2) is 6.03 Å². The van der Waals surface area contributed by atoms with Crippen LogP contribution in [0.15, 0.2) is 34.7 Å². The first-order chi connectivity index (χ1) is 11.9. The SMILES string of the molecule is Cc1cc2c(o1)CC(C)(C)C[C@@H]2NC(=O)N[C@H]1CCc2ccccc21. The van der Waals surface area contributed by atoms with E-state index in [2.05, 4.69) is 48.7 Å². The Morgan fingerprint density at radius 2 is 1.92 bits per heavy atom. The van der Waals surface area contributed by atoms with Crippen LogP contribution < -0.4 is 10.6 Å². The molecule has 2 amide bonds. The number of hydrogen-bond acceptors (Lipinski definition) is 2. The Morgan fingerprint density at radius 3 is 2.76 bits per heavy atom. The zero-order valence-corrected chi connectivity index (χ0v) is 15.2. The lowest BCUT2D eigenvalue weighted by Gasteiger charge is -2.34. The number of fused-ring (bicyclic) bond motifs is 2. The van der Waals surface area contributed by atoms with Gasteiger partial charge in [0.2, 0.25) is 0 Å². The van der Waals surface area contributed by atoms with Gasteiger partial charge in [-0.3, -0.25) is 0 Å². The quantitative estimate of drug-likeness (QED) is 0.841. The summed E-state index contributed by atoms with van der Waals surface area (Å²) >= 11 is 0. The van der Waals surface area contributed by atoms with Gasteiger partial charge in [-0.2, -0.15) is 0 Å². The highest BCUT2D eigenvalue weighted by atomic mass is 16.3. The van der Waals surface area contributed by atoms with Crippen molar-refractivity contribution in [3.05, 3.63) is 58.5 Å². The second-order valence-electron chi connectivity index (χ2n) is 8.24. The van der Waals surface area contributed by atoms with Gasteiger partial charge in [0.25, 0.3) is 0 Å². The molecule has 0 saturated heterocycles. The predicted octanol–water partition coefficient (Wildman–Crippen LogP) is 4.59. The van der Waals surface area contributed by atoms with Crippen molar-refractivity contribution in [2.45, 2.75) is 58.5 Å². The van der Waals surface area contributed by atoms with Crippen LogP contribution in [0.3, 0.4) is 0 Å². The molecule has 0 spiro atoms. The van der Waals surface area contributed by atoms with E-state index >= 15 is 0 Å². The molecule has 1 aromatic heterocycles. The number of carbonyl (C=O) groups excluding carboxylic acids is 1. The third-order valence-corrected chi connectivity index (χ3v) is 5.48. The molecule has 2 atom stereocenters. The second kappa shape index (κ2) is 5.94. The van der Waals surface area contributed by atoms with Crippen molar-refractivity contribution in [1.82, 2.24) is 10.6 Å². The van der Waals surface area contributed by atoms with Gasteiger partial charge in [0, 0.05) is 12.0 Å². The summed E-state index contributed by atoms with van der Waals surface area (Å²) in [6, 6.07) is 10.5. The number of urea groups is 1. The summed E-state index contributed by atoms with van der Waals surface area (Å²) in [7, 11) is 0. The van der Waals surface area contributed by atoms with Crippen molar-refractivity contribution in [3.63, 3.8) is 0 Å². The normalized spacial score (nSPS) is 23.6. The maximum absolute atomic E-state index is 12.7. The highest BCUT2D eigenvalue weighted by Crippen LogP contribution is 2.42. The number of nitrogens with one attached hydrogen (secondary N) is 2. The van der Waals surface area contributed by atoms with Crippen molar-refractivity contribution >= 4 is 6.03 Å². The predicted molar refractivity (Wildman–Crippen MR) is 97.5 cm³/mol. The molecule has 0 radical (unpaired) electrons. The zero-order chi connectivity index (χ0) is 17.6. The van der Waals surface area contributed by atoms with Crippen molar-refractivity contribution in [1.29, 1.82) is 0 Å². The van der Waals surface area contributed by atoms with Crippen molar-refractivity contribution < 1.29 is 9.21 Å². The van der Waals surface area contributed by atoms with Gasteiger partial charge < -0.3 is 15.1 Å². The fourth-order valence-electron chi connectivity index (χ4n) is 4.38. The van der Waals surface area contributed by atoms with Crippen molar-refractivity contribution in [2.24, 2.45) is 5.41 Å². The van der Waals surface area contributed by atoms with Crippen LogP contribution in [0.1, 0.15) is 67.0 Å². The molecule has 0 unspecified atom stereocenters. The van der Waals surface area contributed by atoms with Crippen LogP contribution >= 0.6 is 0 Å². The molecule has 2 N–H and O–H groups in total. The standard InChI is InChI=1S/C21H26N2O2/c1-13-10-16-18(11-21(2,3)12-19(16)25-13)23-20(24)22-17-9-8-14-6-4-5-7-15(14)17/h4-7,10,17-18H,8-9,11-12H2,1-3H3,(H2,22,23,24)/t17-,18-/m0/s1. The Labute approximate surface area is 149 Å². The molecule has 0 fully saturated rings. The summed E-state index contributed by atoms with van der Waals surface area (Å²) in [6.07, 6.45) is 3.85. The van der Waals surface area contributed by atoms with E-state index in [0.717, 1.165) is 42.8 Å². The summed E-state index contributed by atoms with van der Waals surface area (Å²) in [4.78, 5) is 12.7. The summed E-state index contributed by atoms with van der Waals surface area (Å²) in [6.45, 7) is 6.43. The Bertz CT molecular complexity index is 806. The molecule has 25 heavy (non-hydrogen) atoms. The first-order valence-electron chi connectivity index (χ1n) is 9.15. The maximum atomic E-state index is 12.7. The molecule has 2 aromatic rings. The molecule has 2 aliphatic rings. The van der Waals surface area contributed by atoms with Crippen molar-refractivity contribution in [2.75, 3.05) is 0 Å². The van der Waals surface area contributed by atoms with Crippen molar-refractivity contribution in [3.8, 4) is 0 Å². The van der Waals surface area contributed by atoms with Crippen LogP contribution in [0.2, 0.25) is 0 Å². The molecular weight excluding hydrogens is 312 g/mol. The van der Waals surface area contributed by atoms with Gasteiger partial charge >= 0.3 is 6.03 Å². The van der Waals surface area contributed by atoms with Gasteiger partial charge in [0.15, 0.2) is 0 Å². The smallest absolute Gasteiger partial charge is 0.315 e. The fourth-order valence-corrected chi connectivity index (χ4v) is 4.38. The van der Waals surface area contributed by atoms with Crippen LogP contribution in [0.4, 0.5) is 4.79 Å². The molecule has 0 saturated carbocycles. The minimum Gasteiger partial charge on any atom is -0.466 e. The number of amides is 2. The van der Waals surface area contributed by atoms with Crippen LogP contribution in [-0.2, 0) is 12.8 Å². The third-order valence-electron chi connectivity index (χ3n) is 5.48. The number of benzene rings is 1. The molecule has 1 heterocycles. The van der Waals surface area contributed by atoms with E-state index in [1.807, 2.05) is 13.0 Å². The number of carbonyl (C=O) groups is 1. The third kappa shape index (κ3) is 3.17. The molecule has 0 aliphatic heterocycles. The number of furan rings is 1. The highest BCUT2D eigenvalue weighted by Gasteiger charge is 2.36. The topological polar surface area (TPSA) is 54.3 Å². The second-order valence-corrected chi connectivity index (χ2v) is 8.24. The summed E-state index contributed by atoms with van der Waals surface area (Å²) in [5.41, 5.74) is 3.86. The number of aryl methyl sites for hydroxylation is 2. The Balaban J connectivity index is 1.48. The Hall–Kier alpha value is -2.23. The average Bonchev–Trinajstić information content (AvgIpc) is 3.10. The molecule has 4 heteroatoms. The number of hydrogen-bond donors (Lipinski definition) is 2. The summed E-state index contributed by atoms with van der Waals surface area (Å²) < 4.78 is 5.86. The molecule has 0 bridgehead atoms. The van der Waals surface area contributed by atoms with E-state index < -0.39 is 0 Å². The largest absolute Gasteiger partial charge is 0.466 e. The zero-order valence-electron chi connectivity index (χ0n) is 15.2. The lowest BCUT2D eigenvalue weighted by molar-refractivity contribution is 0.212. The van der Waals surface area contributed by atoms with Crippen LogP contribution in [0, 0.1) is 12.3 Å². The van der Waals surface area contributed by atoms with Gasteiger partial charge in [0.1, 0.15) is 11.5 Å². The van der Waals surface area contributed by atoms with E-state index in [4.69, 9.17) is 4.42 Å². The highest BCUT2D eigenvalue weighted by molar-refractivity contribution is 5.75. The van der Waals surface area contributed by atoms with Gasteiger partial charge in [-0.1, -0.05) is 38.1 Å². The van der Waals surface area contributed by atoms with E-state index in [1.165, 1.54) is 11.1 Å².